The van der Waals surface area contributed by atoms with Gasteiger partial charge in [-0.2, -0.15) is 5.10 Å². The third-order valence-corrected chi connectivity index (χ3v) is 2.89. The highest BCUT2D eigenvalue weighted by molar-refractivity contribution is 4.96. The quantitative estimate of drug-likeness (QED) is 0.730. The van der Waals surface area contributed by atoms with E-state index in [1.54, 1.807) is 4.68 Å². The molecule has 1 heterocycles. The van der Waals surface area contributed by atoms with E-state index in [2.05, 4.69) is 10.1 Å². The molecule has 86 valence electrons. The maximum Gasteiger partial charge on any atom is 0.138 e. The second-order valence-corrected chi connectivity index (χ2v) is 4.13. The summed E-state index contributed by atoms with van der Waals surface area (Å²) in [5.41, 5.74) is 4.72. The summed E-state index contributed by atoms with van der Waals surface area (Å²) >= 11 is 0. The minimum Gasteiger partial charge on any atom is -0.388 e. The first-order valence-corrected chi connectivity index (χ1v) is 5.32. The van der Waals surface area contributed by atoms with Gasteiger partial charge >= 0.3 is 0 Å². The van der Waals surface area contributed by atoms with Crippen molar-refractivity contribution in [1.82, 2.24) is 14.8 Å². The molecule has 15 heavy (non-hydrogen) atoms. The minimum atomic E-state index is -0.889. The molecule has 0 aliphatic heterocycles. The summed E-state index contributed by atoms with van der Waals surface area (Å²) < 4.78 is 1.78. The van der Waals surface area contributed by atoms with Gasteiger partial charge in [0, 0.05) is 19.5 Å². The van der Waals surface area contributed by atoms with Gasteiger partial charge in [-0.25, -0.2) is 4.98 Å². The van der Waals surface area contributed by atoms with E-state index in [1.807, 2.05) is 20.8 Å². The zero-order chi connectivity index (χ0) is 11.5. The molecule has 0 aromatic carbocycles. The highest BCUT2D eigenvalue weighted by Gasteiger charge is 2.31. The molecule has 5 nitrogen and oxygen atoms in total. The predicted octanol–water partition coefficient (Wildman–Crippen LogP) is 0.186. The number of aliphatic hydroxyl groups is 1. The molecular weight excluding hydrogens is 192 g/mol. The van der Waals surface area contributed by atoms with Crippen molar-refractivity contribution in [1.29, 1.82) is 0 Å². The van der Waals surface area contributed by atoms with Gasteiger partial charge in [-0.15, -0.1) is 0 Å². The Labute approximate surface area is 90.3 Å². The van der Waals surface area contributed by atoms with Gasteiger partial charge in [-0.1, -0.05) is 13.8 Å². The molecule has 1 atom stereocenters. The van der Waals surface area contributed by atoms with Crippen LogP contribution in [0.1, 0.15) is 26.6 Å². The van der Waals surface area contributed by atoms with Crippen molar-refractivity contribution in [2.75, 3.05) is 6.54 Å². The molecule has 0 aliphatic carbocycles. The van der Waals surface area contributed by atoms with Crippen LogP contribution < -0.4 is 5.73 Å². The summed E-state index contributed by atoms with van der Waals surface area (Å²) in [6.07, 6.45) is 1.96. The SMILES string of the molecule is CCn1ncnc1CC(O)(CN)C(C)C. The first-order valence-electron chi connectivity index (χ1n) is 5.32. The van der Waals surface area contributed by atoms with Crippen LogP contribution in [-0.4, -0.2) is 32.0 Å². The Balaban J connectivity index is 2.83. The molecule has 0 radical (unpaired) electrons. The fraction of sp³-hybridized carbons (Fsp3) is 0.800. The number of aromatic nitrogens is 3. The number of nitrogens with two attached hydrogens (primary N) is 1. The molecule has 1 aromatic rings. The van der Waals surface area contributed by atoms with E-state index in [4.69, 9.17) is 5.73 Å². The van der Waals surface area contributed by atoms with Crippen molar-refractivity contribution >= 4 is 0 Å². The third-order valence-electron chi connectivity index (χ3n) is 2.89. The standard InChI is InChI=1S/C10H20N4O/c1-4-14-9(12-7-13-14)5-10(15,6-11)8(2)3/h7-8,15H,4-6,11H2,1-3H3. The average Bonchev–Trinajstić information content (AvgIpc) is 2.64. The number of hydrogen-bond acceptors (Lipinski definition) is 4. The average molecular weight is 212 g/mol. The lowest BCUT2D eigenvalue weighted by molar-refractivity contribution is 0.00145. The molecule has 0 saturated carbocycles. The Morgan fingerprint density at radius 3 is 2.73 bits per heavy atom. The van der Waals surface area contributed by atoms with Crippen LogP contribution in [0.2, 0.25) is 0 Å². The van der Waals surface area contributed by atoms with Crippen molar-refractivity contribution in [3.63, 3.8) is 0 Å². The topological polar surface area (TPSA) is 77.0 Å². The highest BCUT2D eigenvalue weighted by Crippen LogP contribution is 2.20. The maximum atomic E-state index is 10.3. The molecule has 1 aromatic heterocycles. The van der Waals surface area contributed by atoms with Crippen molar-refractivity contribution < 1.29 is 5.11 Å². The van der Waals surface area contributed by atoms with E-state index in [0.29, 0.717) is 6.42 Å². The van der Waals surface area contributed by atoms with Crippen molar-refractivity contribution in [3.05, 3.63) is 12.2 Å². The van der Waals surface area contributed by atoms with Crippen LogP contribution in [0.5, 0.6) is 0 Å². The summed E-state index contributed by atoms with van der Waals surface area (Å²) in [7, 11) is 0. The first kappa shape index (κ1) is 12.1. The second-order valence-electron chi connectivity index (χ2n) is 4.13. The third kappa shape index (κ3) is 2.54. The minimum absolute atomic E-state index is 0.101. The van der Waals surface area contributed by atoms with Crippen LogP contribution in [-0.2, 0) is 13.0 Å². The molecule has 0 saturated heterocycles. The Morgan fingerprint density at radius 1 is 1.60 bits per heavy atom. The summed E-state index contributed by atoms with van der Waals surface area (Å²) in [6.45, 7) is 6.91. The van der Waals surface area contributed by atoms with Crippen LogP contribution in [0, 0.1) is 5.92 Å². The van der Waals surface area contributed by atoms with Gasteiger partial charge in [-0.05, 0) is 12.8 Å². The highest BCUT2D eigenvalue weighted by atomic mass is 16.3. The molecule has 1 unspecified atom stereocenters. The molecule has 0 amide bonds. The Hall–Kier alpha value is -0.940. The molecule has 5 heteroatoms. The summed E-state index contributed by atoms with van der Waals surface area (Å²) in [4.78, 5) is 4.14. The van der Waals surface area contributed by atoms with E-state index < -0.39 is 5.60 Å². The van der Waals surface area contributed by atoms with E-state index in [-0.39, 0.29) is 12.5 Å². The predicted molar refractivity (Wildman–Crippen MR) is 58.2 cm³/mol. The van der Waals surface area contributed by atoms with Gasteiger partial charge in [0.1, 0.15) is 12.2 Å². The Morgan fingerprint density at radius 2 is 2.27 bits per heavy atom. The van der Waals surface area contributed by atoms with Crippen LogP contribution in [0.25, 0.3) is 0 Å². The summed E-state index contributed by atoms with van der Waals surface area (Å²) in [5.74, 6) is 0.892. The lowest BCUT2D eigenvalue weighted by Crippen LogP contribution is -2.45. The van der Waals surface area contributed by atoms with Crippen LogP contribution in [0.4, 0.5) is 0 Å². The molecule has 0 spiro atoms. The number of hydrogen-bond donors (Lipinski definition) is 2. The summed E-state index contributed by atoms with van der Waals surface area (Å²) in [5, 5.41) is 14.3. The zero-order valence-corrected chi connectivity index (χ0v) is 9.64. The van der Waals surface area contributed by atoms with Gasteiger partial charge in [0.05, 0.1) is 5.60 Å². The monoisotopic (exact) mass is 212 g/mol. The molecule has 3 N–H and O–H groups in total. The zero-order valence-electron chi connectivity index (χ0n) is 9.64. The van der Waals surface area contributed by atoms with E-state index in [0.717, 1.165) is 12.4 Å². The van der Waals surface area contributed by atoms with Crippen LogP contribution >= 0.6 is 0 Å². The molecule has 0 bridgehead atoms. The molecule has 0 fully saturated rings. The Kier molecular flexibility index (Phi) is 3.82. The van der Waals surface area contributed by atoms with Gasteiger partial charge in [0.2, 0.25) is 0 Å². The van der Waals surface area contributed by atoms with Gasteiger partial charge in [-0.3, -0.25) is 4.68 Å². The largest absolute Gasteiger partial charge is 0.388 e. The molecule has 0 aliphatic rings. The Bertz CT molecular complexity index is 310. The van der Waals surface area contributed by atoms with Crippen LogP contribution in [0.15, 0.2) is 6.33 Å². The number of rotatable bonds is 5. The normalized spacial score (nSPS) is 15.6. The van der Waals surface area contributed by atoms with Crippen molar-refractivity contribution in [2.24, 2.45) is 11.7 Å². The van der Waals surface area contributed by atoms with Gasteiger partial charge < -0.3 is 10.8 Å². The van der Waals surface area contributed by atoms with E-state index >= 15 is 0 Å². The number of nitrogens with zero attached hydrogens (tertiary/aromatic N) is 3. The smallest absolute Gasteiger partial charge is 0.138 e. The van der Waals surface area contributed by atoms with E-state index in [1.165, 1.54) is 6.33 Å². The van der Waals surface area contributed by atoms with Gasteiger partial charge in [0.25, 0.3) is 0 Å². The van der Waals surface area contributed by atoms with Crippen molar-refractivity contribution in [2.45, 2.75) is 39.3 Å². The fourth-order valence-corrected chi connectivity index (χ4v) is 1.47. The number of aryl methyl sites for hydroxylation is 1. The van der Waals surface area contributed by atoms with Crippen molar-refractivity contribution in [3.8, 4) is 0 Å². The lowest BCUT2D eigenvalue weighted by atomic mass is 9.87. The second kappa shape index (κ2) is 4.72. The van der Waals surface area contributed by atoms with Gasteiger partial charge in [0.15, 0.2) is 0 Å². The lowest BCUT2D eigenvalue weighted by Gasteiger charge is -2.30. The maximum absolute atomic E-state index is 10.3. The van der Waals surface area contributed by atoms with Crippen LogP contribution in [0.3, 0.4) is 0 Å². The summed E-state index contributed by atoms with van der Waals surface area (Å²) in [6, 6.07) is 0. The molecular formula is C10H20N4O. The molecule has 1 rings (SSSR count). The van der Waals surface area contributed by atoms with E-state index in [9.17, 15) is 5.11 Å². The first-order chi connectivity index (χ1) is 7.03. The fourth-order valence-electron chi connectivity index (χ4n) is 1.47.